The Bertz CT molecular complexity index is 1300. The second-order valence-corrected chi connectivity index (χ2v) is 17.7. The van der Waals surface area contributed by atoms with Gasteiger partial charge in [0, 0.05) is 33.2 Å². The zero-order chi connectivity index (χ0) is 34.4. The van der Waals surface area contributed by atoms with Gasteiger partial charge >= 0.3 is 6.03 Å². The average Bonchev–Trinajstić information content (AvgIpc) is 3.19. The molecule has 1 aliphatic heterocycles. The number of Topliss-reactive ketones (excluding diaryl/α,β-unsaturated/α-hetero) is 1. The zero-order valence-electron chi connectivity index (χ0n) is 28.3. The molecule has 3 fully saturated rings. The number of hydrogen-bond acceptors (Lipinski definition) is 7. The lowest BCUT2D eigenvalue weighted by Crippen LogP contribution is -2.63. The number of nitrogens with zero attached hydrogens (tertiary/aromatic N) is 2. The van der Waals surface area contributed by atoms with Gasteiger partial charge in [0.05, 0.1) is 0 Å². The van der Waals surface area contributed by atoms with Gasteiger partial charge in [0.1, 0.15) is 18.1 Å². The highest BCUT2D eigenvalue weighted by Crippen LogP contribution is 2.65. The lowest BCUT2D eigenvalue weighted by atomic mass is 9.78. The van der Waals surface area contributed by atoms with Crippen molar-refractivity contribution in [1.29, 1.82) is 0 Å². The minimum atomic E-state index is -3.74. The first kappa shape index (κ1) is 36.7. The number of amides is 5. The van der Waals surface area contributed by atoms with Gasteiger partial charge in [-0.2, -0.15) is 12.7 Å². The third-order valence-corrected chi connectivity index (χ3v) is 11.4. The van der Waals surface area contributed by atoms with Crippen LogP contribution in [0, 0.1) is 34.0 Å². The molecule has 1 heterocycles. The third kappa shape index (κ3) is 7.97. The molecule has 0 radical (unpaired) electrons. The van der Waals surface area contributed by atoms with Crippen LogP contribution in [0.2, 0.25) is 0 Å². The van der Waals surface area contributed by atoms with Crippen molar-refractivity contribution >= 4 is 39.7 Å². The SMILES string of the molecule is CN(C)S(=O)(=O)NC[C@@H](NC(=O)N[C@H](C(=O)N1C[C@H]2[C@@H]([C@H]1C(=O)NC(C(=O)C(N)=O)C1CCC1)C2(C)C)C(C)(C)C)C(C)(C)C. The van der Waals surface area contributed by atoms with Gasteiger partial charge in [0.2, 0.25) is 17.6 Å². The van der Waals surface area contributed by atoms with Crippen LogP contribution >= 0.6 is 0 Å². The van der Waals surface area contributed by atoms with E-state index in [1.54, 1.807) is 20.8 Å². The summed E-state index contributed by atoms with van der Waals surface area (Å²) in [5.74, 6) is -3.20. The summed E-state index contributed by atoms with van der Waals surface area (Å²) in [6, 6.07) is -4.26. The van der Waals surface area contributed by atoms with Gasteiger partial charge in [-0.25, -0.2) is 9.52 Å². The molecule has 0 aromatic heterocycles. The highest BCUT2D eigenvalue weighted by atomic mass is 32.2. The van der Waals surface area contributed by atoms with Crippen LogP contribution < -0.4 is 26.4 Å². The first-order chi connectivity index (χ1) is 20.4. The highest BCUT2D eigenvalue weighted by molar-refractivity contribution is 7.87. The van der Waals surface area contributed by atoms with E-state index >= 15 is 0 Å². The molecule has 6 N–H and O–H groups in total. The molecule has 14 nitrogen and oxygen atoms in total. The summed E-state index contributed by atoms with van der Waals surface area (Å²) in [4.78, 5) is 67.4. The van der Waals surface area contributed by atoms with Crippen molar-refractivity contribution in [3.05, 3.63) is 0 Å². The number of ketones is 1. The molecule has 6 atom stereocenters. The van der Waals surface area contributed by atoms with Crippen LogP contribution in [0.4, 0.5) is 4.79 Å². The molecule has 256 valence electrons. The number of rotatable bonds is 12. The number of nitrogens with one attached hydrogen (secondary N) is 4. The van der Waals surface area contributed by atoms with E-state index in [1.807, 2.05) is 34.6 Å². The number of carbonyl (C=O) groups is 5. The lowest BCUT2D eigenvalue weighted by Gasteiger charge is -2.39. The van der Waals surface area contributed by atoms with E-state index in [1.165, 1.54) is 19.0 Å². The van der Waals surface area contributed by atoms with Gasteiger partial charge in [0.15, 0.2) is 0 Å². The summed E-state index contributed by atoms with van der Waals surface area (Å²) in [5, 5.41) is 8.40. The van der Waals surface area contributed by atoms with Crippen molar-refractivity contribution in [3.63, 3.8) is 0 Å². The molecule has 1 saturated heterocycles. The Morgan fingerprint density at radius 2 is 1.53 bits per heavy atom. The highest BCUT2D eigenvalue weighted by Gasteiger charge is 2.70. The molecule has 0 spiro atoms. The van der Waals surface area contributed by atoms with Crippen molar-refractivity contribution in [2.45, 2.75) is 98.8 Å². The van der Waals surface area contributed by atoms with E-state index in [2.05, 4.69) is 20.7 Å². The normalized spacial score (nSPS) is 25.0. The summed E-state index contributed by atoms with van der Waals surface area (Å²) in [6.07, 6.45) is 2.26. The molecule has 0 aromatic carbocycles. The fourth-order valence-corrected chi connectivity index (χ4v) is 7.05. The Labute approximate surface area is 267 Å². The van der Waals surface area contributed by atoms with Gasteiger partial charge in [-0.1, -0.05) is 61.8 Å². The summed E-state index contributed by atoms with van der Waals surface area (Å²) in [5.41, 5.74) is 3.78. The Balaban J connectivity index is 1.82. The molecule has 0 aromatic rings. The molecule has 5 amide bonds. The second kappa shape index (κ2) is 12.8. The predicted octanol–water partition coefficient (Wildman–Crippen LogP) is 0.333. The first-order valence-corrected chi connectivity index (χ1v) is 17.0. The van der Waals surface area contributed by atoms with Crippen LogP contribution in [0.1, 0.15) is 74.7 Å². The van der Waals surface area contributed by atoms with E-state index in [0.717, 1.165) is 10.7 Å². The van der Waals surface area contributed by atoms with Crippen molar-refractivity contribution in [1.82, 2.24) is 29.9 Å². The van der Waals surface area contributed by atoms with Crippen LogP contribution in [-0.2, 0) is 29.4 Å². The molecule has 15 heteroatoms. The molecule has 45 heavy (non-hydrogen) atoms. The molecule has 2 aliphatic carbocycles. The van der Waals surface area contributed by atoms with E-state index in [-0.39, 0.29) is 29.7 Å². The summed E-state index contributed by atoms with van der Waals surface area (Å²) in [6.45, 7) is 15.3. The minimum absolute atomic E-state index is 0.0515. The molecular formula is C30H53N7O7S. The predicted molar refractivity (Wildman–Crippen MR) is 168 cm³/mol. The molecule has 0 bridgehead atoms. The van der Waals surface area contributed by atoms with Gasteiger partial charge in [-0.05, 0) is 46.8 Å². The topological polar surface area (TPSA) is 200 Å². The fourth-order valence-electron chi connectivity index (χ4n) is 6.41. The number of carbonyl (C=O) groups excluding carboxylic acids is 5. The smallest absolute Gasteiger partial charge is 0.315 e. The third-order valence-electron chi connectivity index (χ3n) is 9.89. The molecular weight excluding hydrogens is 602 g/mol. The summed E-state index contributed by atoms with van der Waals surface area (Å²) in [7, 11) is -0.948. The molecule has 3 aliphatic rings. The molecule has 2 saturated carbocycles. The maximum Gasteiger partial charge on any atom is 0.315 e. The van der Waals surface area contributed by atoms with E-state index in [0.29, 0.717) is 19.4 Å². The Morgan fingerprint density at radius 3 is 1.98 bits per heavy atom. The zero-order valence-corrected chi connectivity index (χ0v) is 29.1. The van der Waals surface area contributed by atoms with Crippen molar-refractivity contribution < 1.29 is 32.4 Å². The monoisotopic (exact) mass is 655 g/mol. The Morgan fingerprint density at radius 1 is 0.956 bits per heavy atom. The van der Waals surface area contributed by atoms with Gasteiger partial charge in [-0.3, -0.25) is 19.2 Å². The van der Waals surface area contributed by atoms with Crippen LogP contribution in [0.25, 0.3) is 0 Å². The van der Waals surface area contributed by atoms with Crippen molar-refractivity contribution in [2.24, 2.45) is 39.7 Å². The largest absolute Gasteiger partial charge is 0.363 e. The quantitative estimate of drug-likeness (QED) is 0.187. The maximum absolute atomic E-state index is 14.2. The van der Waals surface area contributed by atoms with Crippen LogP contribution in [-0.4, -0.2) is 98.5 Å². The van der Waals surface area contributed by atoms with Crippen LogP contribution in [0.3, 0.4) is 0 Å². The van der Waals surface area contributed by atoms with Crippen LogP contribution in [0.5, 0.6) is 0 Å². The van der Waals surface area contributed by atoms with E-state index in [4.69, 9.17) is 5.73 Å². The summed E-state index contributed by atoms with van der Waals surface area (Å²) >= 11 is 0. The fraction of sp³-hybridized carbons (Fsp3) is 0.833. The number of piperidine rings is 1. The van der Waals surface area contributed by atoms with E-state index in [9.17, 15) is 32.4 Å². The number of primary amides is 1. The van der Waals surface area contributed by atoms with Crippen molar-refractivity contribution in [3.8, 4) is 0 Å². The maximum atomic E-state index is 14.2. The van der Waals surface area contributed by atoms with Gasteiger partial charge in [-0.15, -0.1) is 0 Å². The van der Waals surface area contributed by atoms with Gasteiger partial charge < -0.3 is 26.6 Å². The Kier molecular flexibility index (Phi) is 10.4. The number of likely N-dealkylation sites (tertiary alicyclic amines) is 1. The van der Waals surface area contributed by atoms with Crippen molar-refractivity contribution in [2.75, 3.05) is 27.2 Å². The first-order valence-electron chi connectivity index (χ1n) is 15.6. The standard InChI is InChI=1S/C30H53N7O7S/c1-28(2,3)18(14-32-45(43,44)36(9)10)33-27(42)35-23(29(4,5)6)26(41)37-15-17-19(30(17,7)8)21(37)25(40)34-20(16-12-11-13-16)22(38)24(31)39/h16-21,23,32H,11-15H2,1-10H3,(H2,31,39)(H,34,40)(H2,33,35,42)/t17-,18+,19-,20?,21-,23+/m0/s1. The second-order valence-electron chi connectivity index (χ2n) is 15.8. The minimum Gasteiger partial charge on any atom is -0.363 e. The molecule has 3 rings (SSSR count). The number of fused-ring (bicyclic) bond motifs is 1. The average molecular weight is 656 g/mol. The van der Waals surface area contributed by atoms with E-state index < -0.39 is 74.7 Å². The number of urea groups is 1. The van der Waals surface area contributed by atoms with Gasteiger partial charge in [0.25, 0.3) is 16.1 Å². The number of hydrogen-bond donors (Lipinski definition) is 5. The van der Waals surface area contributed by atoms with Crippen LogP contribution in [0.15, 0.2) is 0 Å². The molecule has 1 unspecified atom stereocenters. The number of nitrogens with two attached hydrogens (primary N) is 1. The summed E-state index contributed by atoms with van der Waals surface area (Å²) < 4.78 is 28.1. The Hall–Kier alpha value is -2.78. The lowest BCUT2D eigenvalue weighted by molar-refractivity contribution is -0.145.